The Hall–Kier alpha value is -3.25. The van der Waals surface area contributed by atoms with E-state index in [1.54, 1.807) is 43.8 Å². The lowest BCUT2D eigenvalue weighted by Crippen LogP contribution is -2.30. The Morgan fingerprint density at radius 3 is 2.76 bits per heavy atom. The predicted octanol–water partition coefficient (Wildman–Crippen LogP) is 4.04. The highest BCUT2D eigenvalue weighted by Gasteiger charge is 2.19. The van der Waals surface area contributed by atoms with Gasteiger partial charge in [-0.25, -0.2) is 4.39 Å². The number of amides is 1. The fourth-order valence-electron chi connectivity index (χ4n) is 3.57. The first kappa shape index (κ1) is 19.1. The van der Waals surface area contributed by atoms with Crippen molar-refractivity contribution in [2.45, 2.75) is 19.5 Å². The molecular formula is C23H22FN3O2. The molecule has 0 radical (unpaired) electrons. The molecule has 3 aromatic rings. The highest BCUT2D eigenvalue weighted by molar-refractivity contribution is 6.04. The van der Waals surface area contributed by atoms with Gasteiger partial charge in [0.25, 0.3) is 5.91 Å². The zero-order valence-electron chi connectivity index (χ0n) is 16.2. The molecule has 2 heterocycles. The molecule has 1 aliphatic heterocycles. The molecule has 1 aromatic heterocycles. The average molecular weight is 391 g/mol. The smallest absolute Gasteiger partial charge is 0.255 e. The van der Waals surface area contributed by atoms with E-state index in [4.69, 9.17) is 4.74 Å². The Morgan fingerprint density at radius 2 is 1.97 bits per heavy atom. The maximum Gasteiger partial charge on any atom is 0.255 e. The number of hydrogen-bond acceptors (Lipinski definition) is 4. The normalized spacial score (nSPS) is 13.6. The third-order valence-corrected chi connectivity index (χ3v) is 5.14. The van der Waals surface area contributed by atoms with Gasteiger partial charge in [-0.05, 0) is 60.0 Å². The number of methoxy groups -OCH3 is 1. The van der Waals surface area contributed by atoms with E-state index < -0.39 is 0 Å². The van der Waals surface area contributed by atoms with Crippen molar-refractivity contribution in [1.29, 1.82) is 0 Å². The quantitative estimate of drug-likeness (QED) is 0.713. The number of anilines is 1. The number of nitrogens with zero attached hydrogens (tertiary/aromatic N) is 2. The third-order valence-electron chi connectivity index (χ3n) is 5.14. The summed E-state index contributed by atoms with van der Waals surface area (Å²) in [6.45, 7) is 2.06. The van der Waals surface area contributed by atoms with Gasteiger partial charge >= 0.3 is 0 Å². The highest BCUT2D eigenvalue weighted by Crippen LogP contribution is 2.26. The second-order valence-electron chi connectivity index (χ2n) is 7.09. The Balaban J connectivity index is 1.47. The van der Waals surface area contributed by atoms with E-state index in [2.05, 4.69) is 21.3 Å². The van der Waals surface area contributed by atoms with Crippen LogP contribution in [0, 0.1) is 5.82 Å². The van der Waals surface area contributed by atoms with Crippen molar-refractivity contribution in [3.63, 3.8) is 0 Å². The minimum atomic E-state index is -0.227. The van der Waals surface area contributed by atoms with Crippen molar-refractivity contribution < 1.29 is 13.9 Å². The summed E-state index contributed by atoms with van der Waals surface area (Å²) in [6.07, 6.45) is 4.08. The number of pyridine rings is 1. The number of aromatic nitrogens is 1. The molecule has 1 amide bonds. The maximum atomic E-state index is 14.2. The minimum absolute atomic E-state index is 0.168. The van der Waals surface area contributed by atoms with Gasteiger partial charge in [-0.2, -0.15) is 0 Å². The van der Waals surface area contributed by atoms with Gasteiger partial charge in [0.1, 0.15) is 11.6 Å². The summed E-state index contributed by atoms with van der Waals surface area (Å²) >= 11 is 0. The molecule has 0 atom stereocenters. The van der Waals surface area contributed by atoms with Gasteiger partial charge in [0.2, 0.25) is 0 Å². The second-order valence-corrected chi connectivity index (χ2v) is 7.09. The molecule has 4 rings (SSSR count). The molecule has 6 heteroatoms. The lowest BCUT2D eigenvalue weighted by atomic mass is 9.98. The van der Waals surface area contributed by atoms with E-state index in [0.717, 1.165) is 24.2 Å². The van der Waals surface area contributed by atoms with Crippen molar-refractivity contribution in [3.05, 3.63) is 89.0 Å². The predicted molar refractivity (Wildman–Crippen MR) is 109 cm³/mol. The average Bonchev–Trinajstić information content (AvgIpc) is 2.75. The summed E-state index contributed by atoms with van der Waals surface area (Å²) in [5.74, 6) is 0.258. The van der Waals surface area contributed by atoms with Crippen LogP contribution in [-0.2, 0) is 19.5 Å². The zero-order chi connectivity index (χ0) is 20.2. The summed E-state index contributed by atoms with van der Waals surface area (Å²) in [5.41, 5.74) is 4.34. The van der Waals surface area contributed by atoms with Gasteiger partial charge in [-0.15, -0.1) is 0 Å². The number of hydrogen-bond donors (Lipinski definition) is 1. The van der Waals surface area contributed by atoms with Crippen molar-refractivity contribution in [3.8, 4) is 5.75 Å². The van der Waals surface area contributed by atoms with Crippen molar-refractivity contribution >= 4 is 11.6 Å². The Morgan fingerprint density at radius 1 is 1.14 bits per heavy atom. The van der Waals surface area contributed by atoms with Crippen LogP contribution < -0.4 is 10.1 Å². The molecule has 0 saturated heterocycles. The summed E-state index contributed by atoms with van der Waals surface area (Å²) in [5, 5.41) is 2.94. The molecule has 0 bridgehead atoms. The van der Waals surface area contributed by atoms with E-state index in [1.165, 1.54) is 11.6 Å². The number of rotatable bonds is 5. The monoisotopic (exact) mass is 391 g/mol. The van der Waals surface area contributed by atoms with Crippen LogP contribution in [0.4, 0.5) is 10.1 Å². The molecule has 1 N–H and O–H groups in total. The number of carbonyl (C=O) groups excluding carboxylic acids is 1. The molecule has 1 aliphatic rings. The Labute approximate surface area is 169 Å². The maximum absolute atomic E-state index is 14.2. The summed E-state index contributed by atoms with van der Waals surface area (Å²) < 4.78 is 19.4. The molecular weight excluding hydrogens is 369 g/mol. The van der Waals surface area contributed by atoms with Crippen LogP contribution in [0.1, 0.15) is 27.0 Å². The van der Waals surface area contributed by atoms with Gasteiger partial charge in [0.15, 0.2) is 0 Å². The van der Waals surface area contributed by atoms with Gasteiger partial charge < -0.3 is 10.1 Å². The zero-order valence-corrected chi connectivity index (χ0v) is 16.2. The van der Waals surface area contributed by atoms with Crippen LogP contribution in [0.25, 0.3) is 0 Å². The molecule has 5 nitrogen and oxygen atoms in total. The number of nitrogens with one attached hydrogen (secondary N) is 1. The van der Waals surface area contributed by atoms with E-state index in [9.17, 15) is 9.18 Å². The van der Waals surface area contributed by atoms with E-state index in [0.29, 0.717) is 30.0 Å². The molecule has 0 unspecified atom stereocenters. The first-order valence-electron chi connectivity index (χ1n) is 9.50. The van der Waals surface area contributed by atoms with Gasteiger partial charge in [-0.3, -0.25) is 14.7 Å². The van der Waals surface area contributed by atoms with Crippen molar-refractivity contribution in [1.82, 2.24) is 9.88 Å². The molecule has 0 aliphatic carbocycles. The SMILES string of the molecule is COc1ccc(F)c(CN2CCc3ccc(NC(=O)c4ccncc4)cc3C2)c1. The minimum Gasteiger partial charge on any atom is -0.497 e. The first-order chi connectivity index (χ1) is 14.1. The Bertz CT molecular complexity index is 1020. The second kappa shape index (κ2) is 8.41. The molecule has 0 fully saturated rings. The summed E-state index contributed by atoms with van der Waals surface area (Å²) in [7, 11) is 1.58. The molecule has 29 heavy (non-hydrogen) atoms. The topological polar surface area (TPSA) is 54.5 Å². The van der Waals surface area contributed by atoms with Crippen molar-refractivity contribution in [2.75, 3.05) is 19.0 Å². The standard InChI is InChI=1S/C23H22FN3O2/c1-29-21-4-5-22(24)19(13-21)15-27-11-8-16-2-3-20(12-18(16)14-27)26-23(28)17-6-9-25-10-7-17/h2-7,9-10,12-13H,8,11,14-15H2,1H3,(H,26,28). The van der Waals surface area contributed by atoms with Crippen LogP contribution in [-0.4, -0.2) is 29.4 Å². The summed E-state index contributed by atoms with van der Waals surface area (Å²) in [4.78, 5) is 18.5. The van der Waals surface area contributed by atoms with Gasteiger partial charge in [-0.1, -0.05) is 6.07 Å². The first-order valence-corrected chi connectivity index (χ1v) is 9.50. The Kier molecular flexibility index (Phi) is 5.53. The lowest BCUT2D eigenvalue weighted by Gasteiger charge is -2.29. The number of carbonyl (C=O) groups is 1. The molecule has 2 aromatic carbocycles. The highest BCUT2D eigenvalue weighted by atomic mass is 19.1. The van der Waals surface area contributed by atoms with E-state index in [-0.39, 0.29) is 11.7 Å². The molecule has 0 saturated carbocycles. The molecule has 0 spiro atoms. The van der Waals surface area contributed by atoms with Gasteiger partial charge in [0, 0.05) is 48.8 Å². The number of ether oxygens (including phenoxy) is 1. The largest absolute Gasteiger partial charge is 0.497 e. The van der Waals surface area contributed by atoms with Crippen LogP contribution in [0.3, 0.4) is 0 Å². The fraction of sp³-hybridized carbons (Fsp3) is 0.217. The molecule has 148 valence electrons. The van der Waals surface area contributed by atoms with E-state index >= 15 is 0 Å². The lowest BCUT2D eigenvalue weighted by molar-refractivity contribution is 0.102. The van der Waals surface area contributed by atoms with Crippen LogP contribution in [0.5, 0.6) is 5.75 Å². The van der Waals surface area contributed by atoms with Crippen molar-refractivity contribution in [2.24, 2.45) is 0 Å². The number of fused-ring (bicyclic) bond motifs is 1. The van der Waals surface area contributed by atoms with Crippen LogP contribution in [0.15, 0.2) is 60.9 Å². The van der Waals surface area contributed by atoms with Gasteiger partial charge in [0.05, 0.1) is 7.11 Å². The number of halogens is 1. The fourth-order valence-corrected chi connectivity index (χ4v) is 3.57. The van der Waals surface area contributed by atoms with E-state index in [1.807, 2.05) is 12.1 Å². The third kappa shape index (κ3) is 4.43. The van der Waals surface area contributed by atoms with Crippen LogP contribution in [0.2, 0.25) is 0 Å². The summed E-state index contributed by atoms with van der Waals surface area (Å²) in [6, 6.07) is 14.2. The van der Waals surface area contributed by atoms with Crippen LogP contribution >= 0.6 is 0 Å². The number of benzene rings is 2.